The number of fused-ring (bicyclic) bond motifs is 1. The van der Waals surface area contributed by atoms with Crippen LogP contribution in [0, 0.1) is 0 Å². The normalized spacial score (nSPS) is 20.9. The van der Waals surface area contributed by atoms with E-state index in [4.69, 9.17) is 4.74 Å². The smallest absolute Gasteiger partial charge is 0.356 e. The van der Waals surface area contributed by atoms with Crippen molar-refractivity contribution in [1.29, 1.82) is 0 Å². The molecule has 0 bridgehead atoms. The fourth-order valence-electron chi connectivity index (χ4n) is 5.17. The SMILES string of the molecule is CCC(=O)C1=C(C(=O)OC(c2ccccc2)c2ccccc2)N2C(=O)C(NC(=O)Cc3cccs3)(C(=O)O)[C@@H]2SC1C(=O)O. The highest BCUT2D eigenvalue weighted by Gasteiger charge is 2.72. The van der Waals surface area contributed by atoms with E-state index in [-0.39, 0.29) is 12.8 Å². The lowest BCUT2D eigenvalue weighted by atomic mass is 9.84. The number of hydrogen-bond donors (Lipinski definition) is 3. The number of benzene rings is 2. The Hall–Kier alpha value is -4.75. The molecule has 13 heteroatoms. The molecule has 3 aromatic rings. The van der Waals surface area contributed by atoms with Crippen LogP contribution in [0.4, 0.5) is 0 Å². The van der Waals surface area contributed by atoms with Gasteiger partial charge in [0.2, 0.25) is 11.4 Å². The molecule has 1 aromatic heterocycles. The first-order chi connectivity index (χ1) is 21.1. The van der Waals surface area contributed by atoms with Crippen molar-refractivity contribution in [2.75, 3.05) is 0 Å². The largest absolute Gasteiger partial charge is 0.480 e. The number of esters is 1. The van der Waals surface area contributed by atoms with Gasteiger partial charge in [-0.1, -0.05) is 73.7 Å². The number of carbonyl (C=O) groups is 6. The molecule has 0 spiro atoms. The van der Waals surface area contributed by atoms with Crippen molar-refractivity contribution in [2.45, 2.75) is 42.0 Å². The number of nitrogens with zero attached hydrogens (tertiary/aromatic N) is 1. The number of rotatable bonds is 11. The van der Waals surface area contributed by atoms with Gasteiger partial charge in [0.1, 0.15) is 16.3 Å². The van der Waals surface area contributed by atoms with E-state index in [1.165, 1.54) is 18.3 Å². The summed E-state index contributed by atoms with van der Waals surface area (Å²) in [5.74, 6) is -7.16. The minimum atomic E-state index is -2.59. The highest BCUT2D eigenvalue weighted by molar-refractivity contribution is 8.01. The first-order valence-electron chi connectivity index (χ1n) is 13.5. The van der Waals surface area contributed by atoms with Gasteiger partial charge in [0, 0.05) is 11.3 Å². The van der Waals surface area contributed by atoms with Crippen LogP contribution in [0.15, 0.2) is 89.4 Å². The number of aliphatic carboxylic acids is 2. The Kier molecular flexibility index (Phi) is 8.70. The average molecular weight is 635 g/mol. The molecule has 3 heterocycles. The van der Waals surface area contributed by atoms with Crippen LogP contribution in [0.1, 0.15) is 35.5 Å². The van der Waals surface area contributed by atoms with Crippen LogP contribution >= 0.6 is 23.1 Å². The van der Waals surface area contributed by atoms with Crippen LogP contribution in [0.2, 0.25) is 0 Å². The number of carboxylic acid groups (broad SMARTS) is 2. The van der Waals surface area contributed by atoms with Gasteiger partial charge >= 0.3 is 17.9 Å². The van der Waals surface area contributed by atoms with Crippen LogP contribution < -0.4 is 5.32 Å². The molecule has 11 nitrogen and oxygen atoms in total. The predicted octanol–water partition coefficient (Wildman–Crippen LogP) is 3.16. The van der Waals surface area contributed by atoms with E-state index in [1.807, 2.05) is 0 Å². The van der Waals surface area contributed by atoms with E-state index in [0.717, 1.165) is 4.90 Å². The molecule has 2 amide bonds. The zero-order chi connectivity index (χ0) is 31.6. The lowest BCUT2D eigenvalue weighted by Gasteiger charge is -2.55. The second-order valence-electron chi connectivity index (χ2n) is 9.95. The summed E-state index contributed by atoms with van der Waals surface area (Å²) in [6.45, 7) is 1.47. The molecule has 2 aromatic carbocycles. The monoisotopic (exact) mass is 634 g/mol. The second kappa shape index (κ2) is 12.5. The number of carboxylic acids is 2. The Morgan fingerprint density at radius 2 is 1.57 bits per heavy atom. The molecule has 2 unspecified atom stereocenters. The maximum absolute atomic E-state index is 14.0. The first kappa shape index (κ1) is 30.7. The quantitative estimate of drug-likeness (QED) is 0.162. The number of hydrogen-bond acceptors (Lipinski definition) is 9. The number of Topliss-reactive ketones (excluding diaryl/α,β-unsaturated/α-hetero) is 1. The van der Waals surface area contributed by atoms with Gasteiger partial charge in [0.05, 0.1) is 12.0 Å². The molecule has 0 radical (unpaired) electrons. The number of carbonyl (C=O) groups excluding carboxylic acids is 4. The average Bonchev–Trinajstić information content (AvgIpc) is 3.54. The summed E-state index contributed by atoms with van der Waals surface area (Å²) in [6, 6.07) is 20.7. The molecule has 5 rings (SSSR count). The zero-order valence-corrected chi connectivity index (χ0v) is 24.8. The summed E-state index contributed by atoms with van der Waals surface area (Å²) in [7, 11) is 0. The maximum atomic E-state index is 14.0. The molecule has 1 fully saturated rings. The summed E-state index contributed by atoms with van der Waals surface area (Å²) < 4.78 is 5.92. The summed E-state index contributed by atoms with van der Waals surface area (Å²) >= 11 is 1.75. The third kappa shape index (κ3) is 5.40. The fourth-order valence-corrected chi connectivity index (χ4v) is 7.41. The van der Waals surface area contributed by atoms with E-state index in [2.05, 4.69) is 5.32 Å². The molecular weight excluding hydrogens is 608 g/mol. The number of ketones is 1. The molecule has 44 heavy (non-hydrogen) atoms. The van der Waals surface area contributed by atoms with Gasteiger partial charge in [-0.2, -0.15) is 0 Å². The lowest BCUT2D eigenvalue weighted by Crippen LogP contribution is -2.83. The molecule has 2 aliphatic rings. The van der Waals surface area contributed by atoms with Crippen molar-refractivity contribution in [3.8, 4) is 0 Å². The molecule has 226 valence electrons. The van der Waals surface area contributed by atoms with Gasteiger partial charge < -0.3 is 20.3 Å². The summed E-state index contributed by atoms with van der Waals surface area (Å²) in [6.07, 6.45) is -1.44. The number of ether oxygens (including phenoxy) is 1. The highest BCUT2D eigenvalue weighted by Crippen LogP contribution is 2.50. The van der Waals surface area contributed by atoms with Crippen molar-refractivity contribution in [1.82, 2.24) is 10.2 Å². The number of amides is 2. The Bertz CT molecular complexity index is 1620. The van der Waals surface area contributed by atoms with Gasteiger partial charge in [-0.25, -0.2) is 9.59 Å². The third-order valence-electron chi connectivity index (χ3n) is 7.24. The van der Waals surface area contributed by atoms with Gasteiger partial charge in [0.25, 0.3) is 5.91 Å². The Morgan fingerprint density at radius 1 is 0.955 bits per heavy atom. The fraction of sp³-hybridized carbons (Fsp3) is 0.226. The van der Waals surface area contributed by atoms with Crippen LogP contribution in [0.5, 0.6) is 0 Å². The molecule has 0 saturated carbocycles. The maximum Gasteiger partial charge on any atom is 0.356 e. The van der Waals surface area contributed by atoms with Gasteiger partial charge in [-0.05, 0) is 22.6 Å². The van der Waals surface area contributed by atoms with E-state index in [0.29, 0.717) is 27.8 Å². The van der Waals surface area contributed by atoms with Gasteiger partial charge in [-0.3, -0.25) is 24.1 Å². The molecule has 0 aliphatic carbocycles. The van der Waals surface area contributed by atoms with Crippen molar-refractivity contribution in [3.05, 3.63) is 105 Å². The number of thioether (sulfide) groups is 1. The Balaban J connectivity index is 1.58. The molecular formula is C31H26N2O9S2. The zero-order valence-electron chi connectivity index (χ0n) is 23.2. The van der Waals surface area contributed by atoms with Crippen LogP contribution in [0.25, 0.3) is 0 Å². The van der Waals surface area contributed by atoms with E-state index < -0.39 is 69.0 Å². The second-order valence-corrected chi connectivity index (χ2v) is 12.2. The third-order valence-corrected chi connectivity index (χ3v) is 9.65. The van der Waals surface area contributed by atoms with Crippen molar-refractivity contribution in [3.63, 3.8) is 0 Å². The Labute approximate surface area is 259 Å². The van der Waals surface area contributed by atoms with Crippen molar-refractivity contribution in [2.24, 2.45) is 0 Å². The number of nitrogens with one attached hydrogen (secondary N) is 1. The van der Waals surface area contributed by atoms with Crippen LogP contribution in [0.3, 0.4) is 0 Å². The van der Waals surface area contributed by atoms with E-state index in [1.54, 1.807) is 78.2 Å². The highest BCUT2D eigenvalue weighted by atomic mass is 32.2. The first-order valence-corrected chi connectivity index (χ1v) is 15.3. The topological polar surface area (TPSA) is 167 Å². The van der Waals surface area contributed by atoms with Crippen molar-refractivity contribution >= 4 is 58.6 Å². The molecule has 1 saturated heterocycles. The minimum absolute atomic E-state index is 0.203. The summed E-state index contributed by atoms with van der Waals surface area (Å²) in [5, 5.41) is 21.1. The van der Waals surface area contributed by atoms with Crippen molar-refractivity contribution < 1.29 is 43.7 Å². The minimum Gasteiger partial charge on any atom is -0.480 e. The van der Waals surface area contributed by atoms with E-state index in [9.17, 15) is 39.0 Å². The molecule has 3 atom stereocenters. The predicted molar refractivity (Wildman–Crippen MR) is 159 cm³/mol. The standard InChI is InChI=1S/C31H26N2O9S2/c1-2-20(34)22-23(27(38)42-24(17-10-5-3-6-11-17)18-12-7-4-8-13-18)33-28(39)31(30(40)41,29(33)44-25(22)26(36)37)32-21(35)16-19-14-9-15-43-19/h3-15,24-25,29H,2,16H2,1H3,(H,32,35)(H,36,37)(H,40,41)/t25?,29-,31?/m0/s1. The summed E-state index contributed by atoms with van der Waals surface area (Å²) in [5.41, 5.74) is -2.61. The lowest BCUT2D eigenvalue weighted by molar-refractivity contribution is -0.173. The van der Waals surface area contributed by atoms with Gasteiger partial charge in [-0.15, -0.1) is 23.1 Å². The molecule has 3 N–H and O–H groups in total. The van der Waals surface area contributed by atoms with Crippen LogP contribution in [-0.2, 0) is 39.9 Å². The number of β-lactam (4-membered cyclic amide) rings is 1. The van der Waals surface area contributed by atoms with E-state index >= 15 is 0 Å². The Morgan fingerprint density at radius 3 is 2.07 bits per heavy atom. The molecule has 2 aliphatic heterocycles. The van der Waals surface area contributed by atoms with Gasteiger partial charge in [0.15, 0.2) is 11.9 Å². The number of thiophene rings is 1. The van der Waals surface area contributed by atoms with Crippen LogP contribution in [-0.4, -0.2) is 66.8 Å². The summed E-state index contributed by atoms with van der Waals surface area (Å²) in [4.78, 5) is 80.5.